The molecule has 1 N–H and O–H groups in total. The molecule has 0 radical (unpaired) electrons. The molecule has 2 rings (SSSR count). The second kappa shape index (κ2) is 7.48. The van der Waals surface area contributed by atoms with Crippen molar-refractivity contribution < 1.29 is 23.5 Å². The molecule has 1 unspecified atom stereocenters. The predicted molar refractivity (Wildman–Crippen MR) is 94.8 cm³/mol. The van der Waals surface area contributed by atoms with Crippen LogP contribution in [0.4, 0.5) is 0 Å². The van der Waals surface area contributed by atoms with Gasteiger partial charge in [0.1, 0.15) is 16.9 Å². The number of benzene rings is 1. The number of methoxy groups -OCH3 is 1. The van der Waals surface area contributed by atoms with Gasteiger partial charge in [0.15, 0.2) is 6.61 Å². The lowest BCUT2D eigenvalue weighted by Gasteiger charge is -2.27. The molecule has 1 aromatic carbocycles. The number of nitriles is 1. The van der Waals surface area contributed by atoms with Crippen LogP contribution in [0.1, 0.15) is 36.9 Å². The Balaban J connectivity index is 2.09. The van der Waals surface area contributed by atoms with E-state index in [0.29, 0.717) is 16.9 Å². The summed E-state index contributed by atoms with van der Waals surface area (Å²) in [6, 6.07) is 7.25. The van der Waals surface area contributed by atoms with E-state index in [-0.39, 0.29) is 11.7 Å². The zero-order chi connectivity index (χ0) is 19.5. The summed E-state index contributed by atoms with van der Waals surface area (Å²) >= 11 is 0. The van der Waals surface area contributed by atoms with Crippen molar-refractivity contribution in [1.82, 2.24) is 5.32 Å². The topological polar surface area (TPSA) is 102 Å². The number of hydrogen-bond acceptors (Lipinski definition) is 6. The highest BCUT2D eigenvalue weighted by molar-refractivity contribution is 5.97. The summed E-state index contributed by atoms with van der Waals surface area (Å²) in [5.41, 5.74) is 0.0971. The Morgan fingerprint density at radius 3 is 2.65 bits per heavy atom. The molecule has 26 heavy (non-hydrogen) atoms. The normalized spacial score (nSPS) is 13.1. The van der Waals surface area contributed by atoms with E-state index >= 15 is 0 Å². The lowest BCUT2D eigenvalue weighted by atomic mass is 9.90. The minimum atomic E-state index is -1.03. The number of aryl methyl sites for hydroxylation is 1. The molecule has 0 aliphatic heterocycles. The zero-order valence-electron chi connectivity index (χ0n) is 15.5. The van der Waals surface area contributed by atoms with Gasteiger partial charge in [0, 0.05) is 10.9 Å². The van der Waals surface area contributed by atoms with Gasteiger partial charge in [-0.2, -0.15) is 5.26 Å². The third kappa shape index (κ3) is 3.80. The molecule has 7 heteroatoms. The zero-order valence-corrected chi connectivity index (χ0v) is 15.5. The molecular formula is C19H22N2O5. The van der Waals surface area contributed by atoms with Gasteiger partial charge in [-0.3, -0.25) is 4.79 Å². The molecule has 0 fully saturated rings. The maximum atomic E-state index is 12.3. The molecular weight excluding hydrogens is 336 g/mol. The van der Waals surface area contributed by atoms with E-state index < -0.39 is 24.0 Å². The maximum Gasteiger partial charge on any atom is 0.375 e. The number of esters is 1. The van der Waals surface area contributed by atoms with Crippen LogP contribution in [0.2, 0.25) is 0 Å². The first-order chi connectivity index (χ1) is 12.2. The second-order valence-electron chi connectivity index (χ2n) is 6.51. The fourth-order valence-corrected chi connectivity index (χ4v) is 2.35. The van der Waals surface area contributed by atoms with Crippen molar-refractivity contribution in [3.05, 3.63) is 29.5 Å². The number of ether oxygens (including phenoxy) is 2. The number of hydrogen-bond donors (Lipinski definition) is 1. The molecule has 1 aromatic heterocycles. The van der Waals surface area contributed by atoms with Crippen LogP contribution in [0.3, 0.4) is 0 Å². The average molecular weight is 358 g/mol. The Bertz CT molecular complexity index is 878. The molecule has 0 saturated heterocycles. The lowest BCUT2D eigenvalue weighted by Crippen LogP contribution is -2.50. The van der Waals surface area contributed by atoms with E-state index in [2.05, 4.69) is 11.4 Å². The SMILES string of the molecule is COc1ccc2oc(C(=O)OCC(=O)NC(C)(C#N)C(C)C)c(C)c2c1. The van der Waals surface area contributed by atoms with Gasteiger partial charge in [-0.25, -0.2) is 4.79 Å². The molecule has 7 nitrogen and oxygen atoms in total. The summed E-state index contributed by atoms with van der Waals surface area (Å²) in [6.45, 7) is 6.49. The second-order valence-corrected chi connectivity index (χ2v) is 6.51. The van der Waals surface area contributed by atoms with E-state index in [1.54, 1.807) is 39.2 Å². The molecule has 0 spiro atoms. The first kappa shape index (κ1) is 19.3. The Kier molecular flexibility index (Phi) is 5.56. The number of carbonyl (C=O) groups excluding carboxylic acids is 2. The number of nitrogens with zero attached hydrogens (tertiary/aromatic N) is 1. The van der Waals surface area contributed by atoms with Crippen molar-refractivity contribution in [2.24, 2.45) is 5.92 Å². The molecule has 0 aliphatic rings. The largest absolute Gasteiger partial charge is 0.497 e. The Labute approximate surface area is 151 Å². The van der Waals surface area contributed by atoms with Gasteiger partial charge in [0.05, 0.1) is 13.2 Å². The number of amides is 1. The fourth-order valence-electron chi connectivity index (χ4n) is 2.35. The number of furan rings is 1. The number of nitrogens with one attached hydrogen (secondary N) is 1. The van der Waals surface area contributed by atoms with Crippen molar-refractivity contribution in [3.63, 3.8) is 0 Å². The molecule has 0 bridgehead atoms. The standard InChI is InChI=1S/C19H22N2O5/c1-11(2)19(4,10-20)21-16(22)9-25-18(23)17-12(3)14-8-13(24-5)6-7-15(14)26-17/h6-8,11H,9H2,1-5H3,(H,21,22). The summed E-state index contributed by atoms with van der Waals surface area (Å²) < 4.78 is 15.7. The summed E-state index contributed by atoms with van der Waals surface area (Å²) in [4.78, 5) is 24.3. The summed E-state index contributed by atoms with van der Waals surface area (Å²) in [5, 5.41) is 12.5. The predicted octanol–water partition coefficient (Wildman–Crippen LogP) is 2.96. The summed E-state index contributed by atoms with van der Waals surface area (Å²) in [6.07, 6.45) is 0. The van der Waals surface area contributed by atoms with Crippen molar-refractivity contribution in [3.8, 4) is 11.8 Å². The Hall–Kier alpha value is -3.01. The van der Waals surface area contributed by atoms with Gasteiger partial charge < -0.3 is 19.2 Å². The van der Waals surface area contributed by atoms with Gasteiger partial charge in [-0.1, -0.05) is 13.8 Å². The highest BCUT2D eigenvalue weighted by atomic mass is 16.5. The highest BCUT2D eigenvalue weighted by Gasteiger charge is 2.30. The van der Waals surface area contributed by atoms with Crippen LogP contribution in [-0.4, -0.2) is 31.1 Å². The van der Waals surface area contributed by atoms with Gasteiger partial charge >= 0.3 is 5.97 Å². The highest BCUT2D eigenvalue weighted by Crippen LogP contribution is 2.29. The lowest BCUT2D eigenvalue weighted by molar-refractivity contribution is -0.125. The van der Waals surface area contributed by atoms with Crippen molar-refractivity contribution >= 4 is 22.8 Å². The van der Waals surface area contributed by atoms with Gasteiger partial charge in [-0.05, 0) is 38.0 Å². The van der Waals surface area contributed by atoms with E-state index in [4.69, 9.17) is 13.9 Å². The van der Waals surface area contributed by atoms with Crippen LogP contribution in [0.15, 0.2) is 22.6 Å². The number of rotatable bonds is 6. The molecule has 0 saturated carbocycles. The average Bonchev–Trinajstić information content (AvgIpc) is 2.95. The first-order valence-electron chi connectivity index (χ1n) is 8.18. The molecule has 1 amide bonds. The Morgan fingerprint density at radius 1 is 1.38 bits per heavy atom. The molecule has 2 aromatic rings. The van der Waals surface area contributed by atoms with Gasteiger partial charge in [-0.15, -0.1) is 0 Å². The summed E-state index contributed by atoms with van der Waals surface area (Å²) in [5.74, 6) is -0.708. The van der Waals surface area contributed by atoms with Gasteiger partial charge in [0.25, 0.3) is 5.91 Å². The fraction of sp³-hybridized carbons (Fsp3) is 0.421. The van der Waals surface area contributed by atoms with Crippen LogP contribution in [0.5, 0.6) is 5.75 Å². The van der Waals surface area contributed by atoms with Crippen LogP contribution in [-0.2, 0) is 9.53 Å². The molecule has 138 valence electrons. The number of fused-ring (bicyclic) bond motifs is 1. The van der Waals surface area contributed by atoms with Crippen molar-refractivity contribution in [2.75, 3.05) is 13.7 Å². The van der Waals surface area contributed by atoms with Gasteiger partial charge in [0.2, 0.25) is 5.76 Å². The first-order valence-corrected chi connectivity index (χ1v) is 8.18. The van der Waals surface area contributed by atoms with E-state index in [1.165, 1.54) is 0 Å². The van der Waals surface area contributed by atoms with E-state index in [1.807, 2.05) is 13.8 Å². The molecule has 0 aliphatic carbocycles. The third-order valence-corrected chi connectivity index (χ3v) is 4.45. The van der Waals surface area contributed by atoms with Crippen LogP contribution < -0.4 is 10.1 Å². The van der Waals surface area contributed by atoms with Crippen LogP contribution >= 0.6 is 0 Å². The smallest absolute Gasteiger partial charge is 0.375 e. The number of carbonyl (C=O) groups is 2. The van der Waals surface area contributed by atoms with E-state index in [0.717, 1.165) is 5.39 Å². The molecule has 1 heterocycles. The molecule has 1 atom stereocenters. The maximum absolute atomic E-state index is 12.3. The quantitative estimate of drug-likeness (QED) is 0.797. The van der Waals surface area contributed by atoms with E-state index in [9.17, 15) is 14.9 Å². The van der Waals surface area contributed by atoms with Crippen LogP contribution in [0, 0.1) is 24.2 Å². The monoisotopic (exact) mass is 358 g/mol. The minimum absolute atomic E-state index is 0.0351. The van der Waals surface area contributed by atoms with Crippen molar-refractivity contribution in [1.29, 1.82) is 5.26 Å². The summed E-state index contributed by atoms with van der Waals surface area (Å²) in [7, 11) is 1.55. The van der Waals surface area contributed by atoms with Crippen molar-refractivity contribution in [2.45, 2.75) is 33.2 Å². The van der Waals surface area contributed by atoms with Crippen LogP contribution in [0.25, 0.3) is 11.0 Å². The minimum Gasteiger partial charge on any atom is -0.497 e. The third-order valence-electron chi connectivity index (χ3n) is 4.45. The Morgan fingerprint density at radius 2 is 2.08 bits per heavy atom.